The molecular formula is C10H16Cl3NO3. The smallest absolute Gasteiger partial charge is 0.265 e. The zero-order chi connectivity index (χ0) is 13.5. The molecule has 0 heterocycles. The number of halogens is 3. The molecule has 0 spiro atoms. The maximum Gasteiger partial charge on any atom is 0.265 e. The first-order chi connectivity index (χ1) is 7.86. The fraction of sp³-hybridized carbons (Fsp3) is 0.700. The van der Waals surface area contributed by atoms with Gasteiger partial charge in [0.2, 0.25) is 5.90 Å². The average Bonchev–Trinajstić information content (AvgIpc) is 2.26. The molecule has 0 aromatic carbocycles. The lowest BCUT2D eigenvalue weighted by Gasteiger charge is -2.26. The minimum absolute atomic E-state index is 0.118. The van der Waals surface area contributed by atoms with Crippen LogP contribution < -0.4 is 0 Å². The highest BCUT2D eigenvalue weighted by molar-refractivity contribution is 6.76. The Balaban J connectivity index is 4.48. The molecule has 0 aromatic heterocycles. The summed E-state index contributed by atoms with van der Waals surface area (Å²) in [5.74, 6) is -0.466. The third-order valence-corrected chi connectivity index (χ3v) is 2.43. The van der Waals surface area contributed by atoms with Gasteiger partial charge in [-0.1, -0.05) is 48.3 Å². The second-order valence-corrected chi connectivity index (χ2v) is 5.45. The minimum Gasteiger partial charge on any atom is -0.468 e. The van der Waals surface area contributed by atoms with Crippen molar-refractivity contribution < 1.29 is 14.2 Å². The lowest BCUT2D eigenvalue weighted by Crippen LogP contribution is -2.35. The van der Waals surface area contributed by atoms with E-state index in [4.69, 9.17) is 54.4 Å². The Kier molecular flexibility index (Phi) is 8.16. The van der Waals surface area contributed by atoms with Crippen molar-refractivity contribution in [3.05, 3.63) is 12.7 Å². The molecule has 0 fully saturated rings. The SMILES string of the molecule is C=C[C@@H](OC(=N)C(Cl)(Cl)Cl)[C@@H](CC)OCOC. The van der Waals surface area contributed by atoms with Crippen LogP contribution in [0, 0.1) is 5.41 Å². The molecule has 0 aliphatic carbocycles. The van der Waals surface area contributed by atoms with E-state index in [2.05, 4.69) is 6.58 Å². The van der Waals surface area contributed by atoms with E-state index in [1.54, 1.807) is 0 Å². The van der Waals surface area contributed by atoms with Gasteiger partial charge in [0.05, 0.1) is 0 Å². The number of hydrogen-bond donors (Lipinski definition) is 1. The quantitative estimate of drug-likeness (QED) is 0.258. The Morgan fingerprint density at radius 1 is 1.47 bits per heavy atom. The van der Waals surface area contributed by atoms with Crippen LogP contribution in [0.3, 0.4) is 0 Å². The minimum atomic E-state index is -1.89. The summed E-state index contributed by atoms with van der Waals surface area (Å²) in [6.45, 7) is 5.62. The van der Waals surface area contributed by atoms with E-state index >= 15 is 0 Å². The van der Waals surface area contributed by atoms with E-state index in [0.29, 0.717) is 6.42 Å². The summed E-state index contributed by atoms with van der Waals surface area (Å²) in [6.07, 6.45) is 1.25. The highest BCUT2D eigenvalue weighted by atomic mass is 35.6. The van der Waals surface area contributed by atoms with Crippen LogP contribution in [0.2, 0.25) is 0 Å². The van der Waals surface area contributed by atoms with E-state index in [1.165, 1.54) is 13.2 Å². The van der Waals surface area contributed by atoms with Gasteiger partial charge in [0.15, 0.2) is 0 Å². The van der Waals surface area contributed by atoms with Gasteiger partial charge in [-0.2, -0.15) is 0 Å². The maximum absolute atomic E-state index is 7.47. The van der Waals surface area contributed by atoms with Gasteiger partial charge in [-0.15, -0.1) is 0 Å². The van der Waals surface area contributed by atoms with Crippen molar-refractivity contribution in [2.75, 3.05) is 13.9 Å². The van der Waals surface area contributed by atoms with Gasteiger partial charge < -0.3 is 14.2 Å². The second-order valence-electron chi connectivity index (χ2n) is 3.16. The zero-order valence-electron chi connectivity index (χ0n) is 9.71. The fourth-order valence-corrected chi connectivity index (χ4v) is 1.21. The number of rotatable bonds is 7. The van der Waals surface area contributed by atoms with Crippen LogP contribution in [0.5, 0.6) is 0 Å². The first-order valence-electron chi connectivity index (χ1n) is 4.92. The van der Waals surface area contributed by atoms with Crippen molar-refractivity contribution in [2.45, 2.75) is 29.3 Å². The van der Waals surface area contributed by atoms with Crippen LogP contribution in [-0.4, -0.2) is 35.8 Å². The van der Waals surface area contributed by atoms with Gasteiger partial charge in [0, 0.05) is 7.11 Å². The Morgan fingerprint density at radius 3 is 2.41 bits per heavy atom. The van der Waals surface area contributed by atoms with Crippen LogP contribution in [0.25, 0.3) is 0 Å². The molecule has 0 amide bonds. The van der Waals surface area contributed by atoms with Crippen molar-refractivity contribution in [1.82, 2.24) is 0 Å². The molecule has 0 bridgehead atoms. The van der Waals surface area contributed by atoms with E-state index in [1.807, 2.05) is 6.92 Å². The van der Waals surface area contributed by atoms with Crippen LogP contribution >= 0.6 is 34.8 Å². The zero-order valence-corrected chi connectivity index (χ0v) is 12.0. The molecule has 100 valence electrons. The predicted octanol–water partition coefficient (Wildman–Crippen LogP) is 3.30. The molecular weight excluding hydrogens is 288 g/mol. The Morgan fingerprint density at radius 2 is 2.06 bits per heavy atom. The van der Waals surface area contributed by atoms with Gasteiger partial charge in [-0.05, 0) is 12.5 Å². The summed E-state index contributed by atoms with van der Waals surface area (Å²) in [5.41, 5.74) is 0. The summed E-state index contributed by atoms with van der Waals surface area (Å²) in [4.78, 5) is 0. The van der Waals surface area contributed by atoms with Crippen LogP contribution in [0.15, 0.2) is 12.7 Å². The Hall–Kier alpha value is -0.0000000000000000416. The molecule has 17 heavy (non-hydrogen) atoms. The summed E-state index contributed by atoms with van der Waals surface area (Å²) in [7, 11) is 1.51. The number of nitrogens with one attached hydrogen (secondary N) is 1. The Bertz CT molecular complexity index is 256. The first kappa shape index (κ1) is 17.0. The van der Waals surface area contributed by atoms with Gasteiger partial charge in [-0.25, -0.2) is 0 Å². The Labute approximate surface area is 116 Å². The van der Waals surface area contributed by atoms with Crippen LogP contribution in [0.4, 0.5) is 0 Å². The van der Waals surface area contributed by atoms with E-state index < -0.39 is 15.8 Å². The largest absolute Gasteiger partial charge is 0.468 e. The van der Waals surface area contributed by atoms with Crippen molar-refractivity contribution >= 4 is 40.7 Å². The van der Waals surface area contributed by atoms with Gasteiger partial charge in [0.1, 0.15) is 19.0 Å². The molecule has 4 nitrogen and oxygen atoms in total. The average molecular weight is 305 g/mol. The molecule has 2 atom stereocenters. The van der Waals surface area contributed by atoms with Crippen molar-refractivity contribution in [3.63, 3.8) is 0 Å². The molecule has 0 unspecified atom stereocenters. The molecule has 0 rings (SSSR count). The summed E-state index contributed by atoms with van der Waals surface area (Å²) in [6, 6.07) is 0. The van der Waals surface area contributed by atoms with Crippen molar-refractivity contribution in [2.24, 2.45) is 0 Å². The standard InChI is InChI=1S/C10H16Cl3NO3/c1-4-7(16-6-15-3)8(5-2)17-9(14)10(11,12)13/h5,7-8,14H,2,4,6H2,1,3H3/t7-,8-/m1/s1. The molecule has 0 radical (unpaired) electrons. The number of ether oxygens (including phenoxy) is 3. The number of alkyl halides is 3. The highest BCUT2D eigenvalue weighted by Crippen LogP contribution is 2.29. The van der Waals surface area contributed by atoms with Gasteiger partial charge >= 0.3 is 0 Å². The maximum atomic E-state index is 7.47. The van der Waals surface area contributed by atoms with Crippen molar-refractivity contribution in [1.29, 1.82) is 5.41 Å². The van der Waals surface area contributed by atoms with Gasteiger partial charge in [-0.3, -0.25) is 5.41 Å². The third-order valence-electron chi connectivity index (χ3n) is 1.91. The summed E-state index contributed by atoms with van der Waals surface area (Å²) < 4.78 is 13.5. The molecule has 0 saturated carbocycles. The normalized spacial score (nSPS) is 15.1. The lowest BCUT2D eigenvalue weighted by molar-refractivity contribution is -0.100. The first-order valence-corrected chi connectivity index (χ1v) is 6.05. The van der Waals surface area contributed by atoms with Gasteiger partial charge in [0.25, 0.3) is 3.79 Å². The molecule has 0 saturated heterocycles. The molecule has 0 aliphatic rings. The third kappa shape index (κ3) is 6.48. The van der Waals surface area contributed by atoms with Crippen molar-refractivity contribution in [3.8, 4) is 0 Å². The number of methoxy groups -OCH3 is 1. The molecule has 7 heteroatoms. The van der Waals surface area contributed by atoms with Crippen LogP contribution in [0.1, 0.15) is 13.3 Å². The monoisotopic (exact) mass is 303 g/mol. The predicted molar refractivity (Wildman–Crippen MR) is 70.1 cm³/mol. The molecule has 1 N–H and O–H groups in total. The fourth-order valence-electron chi connectivity index (χ4n) is 1.08. The van der Waals surface area contributed by atoms with E-state index in [-0.39, 0.29) is 12.9 Å². The molecule has 0 aromatic rings. The number of hydrogen-bond acceptors (Lipinski definition) is 4. The highest BCUT2D eigenvalue weighted by Gasteiger charge is 2.32. The topological polar surface area (TPSA) is 51.5 Å². The van der Waals surface area contributed by atoms with E-state index in [0.717, 1.165) is 0 Å². The second kappa shape index (κ2) is 8.16. The summed E-state index contributed by atoms with van der Waals surface area (Å²) >= 11 is 16.6. The summed E-state index contributed by atoms with van der Waals surface area (Å²) in [5, 5.41) is 7.47. The lowest BCUT2D eigenvalue weighted by atomic mass is 10.1. The van der Waals surface area contributed by atoms with Crippen LogP contribution in [-0.2, 0) is 14.2 Å². The van der Waals surface area contributed by atoms with E-state index in [9.17, 15) is 0 Å². The molecule has 0 aliphatic heterocycles.